The van der Waals surface area contributed by atoms with Crippen LogP contribution in [0.4, 0.5) is 22.7 Å². The minimum Gasteiger partial charge on any atom is -0.494 e. The Labute approximate surface area is 277 Å². The Kier molecular flexibility index (Phi) is 8.71. The molecule has 0 bridgehead atoms. The third-order valence-electron chi connectivity index (χ3n) is 7.78. The van der Waals surface area contributed by atoms with Crippen LogP contribution in [0, 0.1) is 27.7 Å². The summed E-state index contributed by atoms with van der Waals surface area (Å²) in [6, 6.07) is 26.3. The van der Waals surface area contributed by atoms with Gasteiger partial charge in [-0.1, -0.05) is 47.5 Å². The van der Waals surface area contributed by atoms with E-state index in [2.05, 4.69) is 30.7 Å². The Bertz CT molecular complexity index is 2010. The molecule has 0 saturated heterocycles. The summed E-state index contributed by atoms with van der Waals surface area (Å²) in [5.41, 5.74) is 7.86. The van der Waals surface area contributed by atoms with Crippen molar-refractivity contribution in [1.29, 1.82) is 0 Å². The highest BCUT2D eigenvalue weighted by Gasteiger charge is 2.18. The fourth-order valence-corrected chi connectivity index (χ4v) is 5.07. The van der Waals surface area contributed by atoms with Crippen LogP contribution >= 0.6 is 0 Å². The molecular formula is C36H34N8O4. The molecule has 0 radical (unpaired) electrons. The number of hydrogen-bond acceptors (Lipinski definition) is 10. The highest BCUT2D eigenvalue weighted by atomic mass is 16.5. The fraction of sp³-hybridized carbons (Fsp3) is 0.167. The summed E-state index contributed by atoms with van der Waals surface area (Å²) in [5.74, 6) is 0.758. The van der Waals surface area contributed by atoms with E-state index >= 15 is 0 Å². The molecule has 12 heteroatoms. The van der Waals surface area contributed by atoms with E-state index in [4.69, 9.17) is 9.47 Å². The Morgan fingerprint density at radius 1 is 0.521 bits per heavy atom. The number of aromatic nitrogens is 4. The van der Waals surface area contributed by atoms with Gasteiger partial charge in [-0.2, -0.15) is 19.6 Å². The van der Waals surface area contributed by atoms with E-state index < -0.39 is 0 Å². The van der Waals surface area contributed by atoms with Crippen molar-refractivity contribution in [1.82, 2.24) is 19.6 Å². The van der Waals surface area contributed by atoms with Gasteiger partial charge in [-0.15, -0.1) is 20.5 Å². The van der Waals surface area contributed by atoms with Gasteiger partial charge in [-0.25, -0.2) is 0 Å². The van der Waals surface area contributed by atoms with E-state index in [0.717, 1.165) is 33.6 Å². The first-order valence-corrected chi connectivity index (χ1v) is 15.1. The third kappa shape index (κ3) is 6.23. The minimum absolute atomic E-state index is 0.106. The number of nitrogens with zero attached hydrogens (tertiary/aromatic N) is 8. The van der Waals surface area contributed by atoms with Crippen molar-refractivity contribution in [2.45, 2.75) is 27.7 Å². The Hall–Kier alpha value is -6.30. The summed E-state index contributed by atoms with van der Waals surface area (Å²) in [4.78, 5) is 0. The Morgan fingerprint density at radius 2 is 0.896 bits per heavy atom. The van der Waals surface area contributed by atoms with Gasteiger partial charge in [0.15, 0.2) is 11.4 Å². The summed E-state index contributed by atoms with van der Waals surface area (Å²) >= 11 is 0. The molecule has 6 rings (SSSR count). The maximum atomic E-state index is 10.9. The zero-order valence-electron chi connectivity index (χ0n) is 27.4. The number of ether oxygens (including phenoxy) is 2. The summed E-state index contributed by atoms with van der Waals surface area (Å²) in [6.07, 6.45) is 0. The van der Waals surface area contributed by atoms with E-state index in [1.165, 1.54) is 9.36 Å². The molecule has 0 spiro atoms. The lowest BCUT2D eigenvalue weighted by Crippen LogP contribution is -1.95. The first-order chi connectivity index (χ1) is 23.2. The molecule has 0 unspecified atom stereocenters. The molecule has 0 saturated carbocycles. The lowest BCUT2D eigenvalue weighted by Gasteiger charge is -2.10. The number of hydrogen-bond donors (Lipinski definition) is 2. The number of aromatic hydroxyl groups is 2. The van der Waals surface area contributed by atoms with Gasteiger partial charge >= 0.3 is 0 Å². The lowest BCUT2D eigenvalue weighted by molar-refractivity contribution is 0.415. The number of benzene rings is 4. The van der Waals surface area contributed by atoms with Crippen LogP contribution in [-0.2, 0) is 0 Å². The molecule has 0 aliphatic rings. The summed E-state index contributed by atoms with van der Waals surface area (Å²) < 4.78 is 14.1. The molecule has 2 N–H and O–H groups in total. The highest BCUT2D eigenvalue weighted by Crippen LogP contribution is 2.40. The number of methoxy groups -OCH3 is 2. The van der Waals surface area contributed by atoms with E-state index in [-0.39, 0.29) is 23.1 Å². The average Bonchev–Trinajstić information content (AvgIpc) is 3.55. The van der Waals surface area contributed by atoms with Gasteiger partial charge < -0.3 is 19.7 Å². The van der Waals surface area contributed by atoms with Crippen molar-refractivity contribution in [2.75, 3.05) is 14.2 Å². The van der Waals surface area contributed by atoms with Gasteiger partial charge in [-0.05, 0) is 87.4 Å². The van der Waals surface area contributed by atoms with Gasteiger partial charge in [0.05, 0.1) is 37.0 Å². The van der Waals surface area contributed by atoms with Gasteiger partial charge in [-0.3, -0.25) is 0 Å². The monoisotopic (exact) mass is 642 g/mol. The molecule has 0 amide bonds. The first-order valence-electron chi connectivity index (χ1n) is 15.1. The number of rotatable bonds is 9. The SMILES string of the molecule is COc1cc(-c2ccc(N=Nc3c(C)nn(-c4ccc(C)cc4)c3O)c(OC)c2)ccc1N=Nc1c(C)nn(-c2ccc(C)cc2)c1O. The van der Waals surface area contributed by atoms with Crippen LogP contribution in [0.2, 0.25) is 0 Å². The number of aryl methyl sites for hydroxylation is 4. The second-order valence-electron chi connectivity index (χ2n) is 11.2. The van der Waals surface area contributed by atoms with Gasteiger partial charge in [0.25, 0.3) is 0 Å². The van der Waals surface area contributed by atoms with Crippen molar-refractivity contribution >= 4 is 22.7 Å². The minimum atomic E-state index is -0.106. The molecule has 4 aromatic carbocycles. The normalized spacial score (nSPS) is 11.5. The molecule has 242 valence electrons. The maximum absolute atomic E-state index is 10.9. The molecule has 6 aromatic rings. The van der Waals surface area contributed by atoms with Crippen molar-refractivity contribution in [2.24, 2.45) is 20.5 Å². The average molecular weight is 643 g/mol. The molecule has 48 heavy (non-hydrogen) atoms. The highest BCUT2D eigenvalue weighted by molar-refractivity contribution is 5.73. The second-order valence-corrected chi connectivity index (χ2v) is 11.2. The zero-order chi connectivity index (χ0) is 33.9. The maximum Gasteiger partial charge on any atom is 0.243 e. The molecule has 2 heterocycles. The Balaban J connectivity index is 1.24. The largest absolute Gasteiger partial charge is 0.494 e. The third-order valence-corrected chi connectivity index (χ3v) is 7.78. The van der Waals surface area contributed by atoms with Gasteiger partial charge in [0.2, 0.25) is 11.8 Å². The zero-order valence-corrected chi connectivity index (χ0v) is 27.4. The number of azo groups is 2. The van der Waals surface area contributed by atoms with Crippen LogP contribution in [0.1, 0.15) is 22.5 Å². The van der Waals surface area contributed by atoms with Crippen LogP contribution in [0.25, 0.3) is 22.5 Å². The molecule has 0 aliphatic carbocycles. The summed E-state index contributed by atoms with van der Waals surface area (Å²) in [7, 11) is 3.11. The molecular weight excluding hydrogens is 608 g/mol. The molecule has 0 atom stereocenters. The molecule has 12 nitrogen and oxygen atoms in total. The fourth-order valence-electron chi connectivity index (χ4n) is 5.07. The lowest BCUT2D eigenvalue weighted by atomic mass is 10.0. The van der Waals surface area contributed by atoms with Crippen molar-refractivity contribution in [3.05, 3.63) is 107 Å². The van der Waals surface area contributed by atoms with Crippen molar-refractivity contribution in [3.8, 4) is 45.8 Å². The standard InChI is InChI=1S/C36H34N8O4/c1-21-7-13-27(14-8-21)43-35(45)33(23(3)41-43)39-37-29-17-11-25(19-31(29)47-5)26-12-18-30(32(20-26)48-6)38-40-34-24(4)42-44(36(34)46)28-15-9-22(2)10-16-28/h7-20,45-46H,1-6H3. The second kappa shape index (κ2) is 13.2. The smallest absolute Gasteiger partial charge is 0.243 e. The van der Waals surface area contributed by atoms with E-state index in [1.54, 1.807) is 40.2 Å². The predicted octanol–water partition coefficient (Wildman–Crippen LogP) is 9.22. The topological polar surface area (TPSA) is 144 Å². The van der Waals surface area contributed by atoms with Crippen LogP contribution in [0.3, 0.4) is 0 Å². The van der Waals surface area contributed by atoms with Crippen LogP contribution in [0.5, 0.6) is 23.3 Å². The van der Waals surface area contributed by atoms with E-state index in [9.17, 15) is 10.2 Å². The Morgan fingerprint density at radius 3 is 1.25 bits per heavy atom. The van der Waals surface area contributed by atoms with E-state index in [0.29, 0.717) is 34.3 Å². The van der Waals surface area contributed by atoms with Crippen LogP contribution < -0.4 is 9.47 Å². The summed E-state index contributed by atoms with van der Waals surface area (Å²) in [5, 5.41) is 48.0. The molecule has 2 aromatic heterocycles. The quantitative estimate of drug-likeness (QED) is 0.150. The van der Waals surface area contributed by atoms with E-state index in [1.807, 2.05) is 86.6 Å². The molecule has 0 aliphatic heterocycles. The van der Waals surface area contributed by atoms with Crippen LogP contribution in [-0.4, -0.2) is 44.0 Å². The molecule has 0 fully saturated rings. The van der Waals surface area contributed by atoms with Crippen molar-refractivity contribution < 1.29 is 19.7 Å². The van der Waals surface area contributed by atoms with Crippen LogP contribution in [0.15, 0.2) is 105 Å². The predicted molar refractivity (Wildman–Crippen MR) is 183 cm³/mol. The van der Waals surface area contributed by atoms with Crippen molar-refractivity contribution in [3.63, 3.8) is 0 Å². The first kappa shape index (κ1) is 31.7. The summed E-state index contributed by atoms with van der Waals surface area (Å²) in [6.45, 7) is 7.51. The van der Waals surface area contributed by atoms with Gasteiger partial charge in [0, 0.05) is 0 Å². The van der Waals surface area contributed by atoms with Gasteiger partial charge in [0.1, 0.15) is 22.9 Å².